The SMILES string of the molecule is COc1cc(NC(=O)COc2ccccc2C)cc2sc(N)nc12. The molecule has 0 fully saturated rings. The summed E-state index contributed by atoms with van der Waals surface area (Å²) in [5.74, 6) is 1.00. The fraction of sp³-hybridized carbons (Fsp3) is 0.176. The fourth-order valence-corrected chi connectivity index (χ4v) is 3.09. The van der Waals surface area contributed by atoms with Crippen LogP contribution in [0.15, 0.2) is 36.4 Å². The number of hydrogen-bond acceptors (Lipinski definition) is 6. The number of benzene rings is 2. The Morgan fingerprint density at radius 3 is 2.83 bits per heavy atom. The highest BCUT2D eigenvalue weighted by Gasteiger charge is 2.12. The third kappa shape index (κ3) is 3.41. The summed E-state index contributed by atoms with van der Waals surface area (Å²) < 4.78 is 11.7. The van der Waals surface area contributed by atoms with E-state index in [1.807, 2.05) is 37.3 Å². The van der Waals surface area contributed by atoms with Crippen molar-refractivity contribution in [3.63, 3.8) is 0 Å². The first kappa shape index (κ1) is 16.1. The number of methoxy groups -OCH3 is 1. The first-order valence-electron chi connectivity index (χ1n) is 7.29. The minimum atomic E-state index is -0.253. The number of thiazole rings is 1. The van der Waals surface area contributed by atoms with E-state index in [0.717, 1.165) is 10.3 Å². The largest absolute Gasteiger partial charge is 0.494 e. The molecule has 0 aliphatic carbocycles. The quantitative estimate of drug-likeness (QED) is 0.743. The van der Waals surface area contributed by atoms with E-state index in [9.17, 15) is 4.79 Å². The number of hydrogen-bond donors (Lipinski definition) is 2. The monoisotopic (exact) mass is 343 g/mol. The molecule has 0 saturated carbocycles. The van der Waals surface area contributed by atoms with Gasteiger partial charge in [0.2, 0.25) is 0 Å². The topological polar surface area (TPSA) is 86.5 Å². The van der Waals surface area contributed by atoms with Gasteiger partial charge < -0.3 is 20.5 Å². The zero-order chi connectivity index (χ0) is 17.1. The molecular weight excluding hydrogens is 326 g/mol. The van der Waals surface area contributed by atoms with Crippen molar-refractivity contribution >= 4 is 38.3 Å². The lowest BCUT2D eigenvalue weighted by molar-refractivity contribution is -0.118. The van der Waals surface area contributed by atoms with Crippen LogP contribution in [0.5, 0.6) is 11.5 Å². The normalized spacial score (nSPS) is 10.6. The molecule has 0 bridgehead atoms. The molecule has 3 aromatic rings. The maximum atomic E-state index is 12.1. The van der Waals surface area contributed by atoms with Gasteiger partial charge >= 0.3 is 0 Å². The Balaban J connectivity index is 1.72. The molecule has 1 amide bonds. The molecule has 3 rings (SSSR count). The molecule has 2 aromatic carbocycles. The predicted octanol–water partition coefficient (Wildman–Crippen LogP) is 3.21. The third-order valence-electron chi connectivity index (χ3n) is 3.43. The number of nitrogen functional groups attached to an aromatic ring is 1. The summed E-state index contributed by atoms with van der Waals surface area (Å²) >= 11 is 1.34. The van der Waals surface area contributed by atoms with Crippen molar-refractivity contribution in [3.05, 3.63) is 42.0 Å². The number of carbonyl (C=O) groups is 1. The van der Waals surface area contributed by atoms with Crippen LogP contribution in [0.1, 0.15) is 5.56 Å². The fourth-order valence-electron chi connectivity index (χ4n) is 2.30. The van der Waals surface area contributed by atoms with Crippen LogP contribution in [0.2, 0.25) is 0 Å². The molecule has 0 aliphatic rings. The summed E-state index contributed by atoms with van der Waals surface area (Å²) in [6.07, 6.45) is 0. The Morgan fingerprint density at radius 2 is 2.08 bits per heavy atom. The molecule has 24 heavy (non-hydrogen) atoms. The number of nitrogens with one attached hydrogen (secondary N) is 1. The highest BCUT2D eigenvalue weighted by atomic mass is 32.1. The maximum absolute atomic E-state index is 12.1. The number of ether oxygens (including phenoxy) is 2. The van der Waals surface area contributed by atoms with Gasteiger partial charge in [-0.25, -0.2) is 4.98 Å². The summed E-state index contributed by atoms with van der Waals surface area (Å²) in [7, 11) is 1.55. The Labute approximate surface area is 143 Å². The number of aromatic nitrogens is 1. The highest BCUT2D eigenvalue weighted by Crippen LogP contribution is 2.34. The summed E-state index contributed by atoms with van der Waals surface area (Å²) in [6, 6.07) is 11.1. The Hall–Kier alpha value is -2.80. The van der Waals surface area contributed by atoms with Crippen LogP contribution in [0.25, 0.3) is 10.2 Å². The second kappa shape index (κ2) is 6.76. The van der Waals surface area contributed by atoms with Crippen LogP contribution in [-0.4, -0.2) is 24.6 Å². The second-order valence-electron chi connectivity index (χ2n) is 5.18. The van der Waals surface area contributed by atoms with Gasteiger partial charge in [0.15, 0.2) is 11.7 Å². The number of carbonyl (C=O) groups excluding carboxylic acids is 1. The number of nitrogens with zero attached hydrogens (tertiary/aromatic N) is 1. The number of nitrogens with two attached hydrogens (primary N) is 1. The molecule has 3 N–H and O–H groups in total. The molecule has 7 heteroatoms. The Morgan fingerprint density at radius 1 is 1.29 bits per heavy atom. The van der Waals surface area contributed by atoms with E-state index in [2.05, 4.69) is 10.3 Å². The highest BCUT2D eigenvalue weighted by molar-refractivity contribution is 7.22. The van der Waals surface area contributed by atoms with Crippen LogP contribution < -0.4 is 20.5 Å². The van der Waals surface area contributed by atoms with E-state index in [0.29, 0.717) is 27.8 Å². The molecule has 0 unspecified atom stereocenters. The van der Waals surface area contributed by atoms with Crippen molar-refractivity contribution in [2.75, 3.05) is 24.8 Å². The molecular formula is C17H17N3O3S. The van der Waals surface area contributed by atoms with Crippen molar-refractivity contribution in [1.82, 2.24) is 4.98 Å². The average molecular weight is 343 g/mol. The summed E-state index contributed by atoms with van der Waals surface area (Å²) in [6.45, 7) is 1.86. The van der Waals surface area contributed by atoms with Gasteiger partial charge in [0, 0.05) is 11.8 Å². The predicted molar refractivity (Wildman–Crippen MR) is 95.9 cm³/mol. The third-order valence-corrected chi connectivity index (χ3v) is 4.26. The molecule has 0 radical (unpaired) electrons. The first-order valence-corrected chi connectivity index (χ1v) is 8.11. The zero-order valence-electron chi connectivity index (χ0n) is 13.3. The smallest absolute Gasteiger partial charge is 0.262 e. The molecule has 0 spiro atoms. The van der Waals surface area contributed by atoms with E-state index in [4.69, 9.17) is 15.2 Å². The van der Waals surface area contributed by atoms with Gasteiger partial charge in [0.25, 0.3) is 5.91 Å². The van der Waals surface area contributed by atoms with Gasteiger partial charge in [-0.1, -0.05) is 29.5 Å². The Bertz CT molecular complexity index is 892. The van der Waals surface area contributed by atoms with Gasteiger partial charge in [-0.3, -0.25) is 4.79 Å². The van der Waals surface area contributed by atoms with Crippen LogP contribution >= 0.6 is 11.3 Å². The van der Waals surface area contributed by atoms with Gasteiger partial charge in [-0.2, -0.15) is 0 Å². The molecule has 1 heterocycles. The molecule has 6 nitrogen and oxygen atoms in total. The number of fused-ring (bicyclic) bond motifs is 1. The van der Waals surface area contributed by atoms with Crippen molar-refractivity contribution in [2.45, 2.75) is 6.92 Å². The molecule has 124 valence electrons. The van der Waals surface area contributed by atoms with Crippen molar-refractivity contribution in [1.29, 1.82) is 0 Å². The lowest BCUT2D eigenvalue weighted by Gasteiger charge is -2.10. The summed E-state index contributed by atoms with van der Waals surface area (Å²) in [5, 5.41) is 3.26. The van der Waals surface area contributed by atoms with Crippen LogP contribution in [0.4, 0.5) is 10.8 Å². The van der Waals surface area contributed by atoms with Crippen molar-refractivity contribution in [2.24, 2.45) is 0 Å². The van der Waals surface area contributed by atoms with Crippen LogP contribution in [0.3, 0.4) is 0 Å². The van der Waals surface area contributed by atoms with E-state index >= 15 is 0 Å². The average Bonchev–Trinajstić information content (AvgIpc) is 2.93. The first-order chi connectivity index (χ1) is 11.6. The van der Waals surface area contributed by atoms with Crippen molar-refractivity contribution in [3.8, 4) is 11.5 Å². The minimum absolute atomic E-state index is 0.0734. The molecule has 0 aliphatic heterocycles. The lowest BCUT2D eigenvalue weighted by Crippen LogP contribution is -2.20. The van der Waals surface area contributed by atoms with Gasteiger partial charge in [0.05, 0.1) is 11.8 Å². The Kier molecular flexibility index (Phi) is 4.52. The summed E-state index contributed by atoms with van der Waals surface area (Å²) in [5.41, 5.74) is 8.02. The second-order valence-corrected chi connectivity index (χ2v) is 6.24. The molecule has 0 saturated heterocycles. The number of rotatable bonds is 5. The van der Waals surface area contributed by atoms with Gasteiger partial charge in [0.1, 0.15) is 17.0 Å². The maximum Gasteiger partial charge on any atom is 0.262 e. The van der Waals surface area contributed by atoms with Crippen LogP contribution in [0, 0.1) is 6.92 Å². The van der Waals surface area contributed by atoms with E-state index in [1.54, 1.807) is 13.2 Å². The minimum Gasteiger partial charge on any atom is -0.494 e. The van der Waals surface area contributed by atoms with Crippen molar-refractivity contribution < 1.29 is 14.3 Å². The van der Waals surface area contributed by atoms with Gasteiger partial charge in [-0.05, 0) is 24.6 Å². The number of aryl methyl sites for hydroxylation is 1. The zero-order valence-corrected chi connectivity index (χ0v) is 14.1. The molecule has 1 aromatic heterocycles. The van der Waals surface area contributed by atoms with Crippen LogP contribution in [-0.2, 0) is 4.79 Å². The standard InChI is InChI=1S/C17H17N3O3S/c1-10-5-3-4-6-12(10)23-9-15(21)19-11-7-13(22-2)16-14(8-11)24-17(18)20-16/h3-8H,9H2,1-2H3,(H2,18,20)(H,19,21). The van der Waals surface area contributed by atoms with E-state index < -0.39 is 0 Å². The summed E-state index contributed by atoms with van der Waals surface area (Å²) in [4.78, 5) is 16.3. The lowest BCUT2D eigenvalue weighted by atomic mass is 10.2. The molecule has 0 atom stereocenters. The number of para-hydroxylation sites is 1. The number of amides is 1. The number of anilines is 2. The van der Waals surface area contributed by atoms with E-state index in [1.165, 1.54) is 11.3 Å². The van der Waals surface area contributed by atoms with E-state index in [-0.39, 0.29) is 12.5 Å². The van der Waals surface area contributed by atoms with Gasteiger partial charge in [-0.15, -0.1) is 0 Å².